The molecule has 0 spiro atoms. The van der Waals surface area contributed by atoms with Gasteiger partial charge in [0.1, 0.15) is 0 Å². The van der Waals surface area contributed by atoms with Crippen molar-refractivity contribution in [2.24, 2.45) is 0 Å². The van der Waals surface area contributed by atoms with E-state index in [9.17, 15) is 9.59 Å². The van der Waals surface area contributed by atoms with Gasteiger partial charge in [-0.2, -0.15) is 0 Å². The molecular weight excluding hydrogens is 440 g/mol. The van der Waals surface area contributed by atoms with Gasteiger partial charge >= 0.3 is 0 Å². The number of aryl methyl sites for hydroxylation is 2. The summed E-state index contributed by atoms with van der Waals surface area (Å²) in [6.45, 7) is 3.95. The maximum absolute atomic E-state index is 12.3. The van der Waals surface area contributed by atoms with Gasteiger partial charge in [0.05, 0.1) is 11.4 Å². The highest BCUT2D eigenvalue weighted by Crippen LogP contribution is 2.31. The summed E-state index contributed by atoms with van der Waals surface area (Å²) in [4.78, 5) is 35.8. The molecule has 8 heteroatoms. The molecule has 0 atom stereocenters. The number of carbonyl (C=O) groups is 2. The summed E-state index contributed by atoms with van der Waals surface area (Å²) in [6.07, 6.45) is 0.141. The standard InChI is InChI=1S/C24H22N4O2S2/c1-15-21(17-9-5-3-6-10-17)27-23(31-15)25-19(29)13-14-20(30)26-24-28-22(16(2)32-24)18-11-7-4-8-12-18/h3-12H,13-14H2,1-2H3,(H,25,27,29)(H,26,28,30). The van der Waals surface area contributed by atoms with Crippen LogP contribution in [0.5, 0.6) is 0 Å². The van der Waals surface area contributed by atoms with E-state index in [2.05, 4.69) is 20.6 Å². The first kappa shape index (κ1) is 21.9. The molecule has 0 saturated carbocycles. The summed E-state index contributed by atoms with van der Waals surface area (Å²) in [6, 6.07) is 19.7. The summed E-state index contributed by atoms with van der Waals surface area (Å²) >= 11 is 2.85. The monoisotopic (exact) mass is 462 g/mol. The zero-order valence-corrected chi connectivity index (χ0v) is 19.3. The summed E-state index contributed by atoms with van der Waals surface area (Å²) in [5, 5.41) is 6.68. The van der Waals surface area contributed by atoms with Crippen molar-refractivity contribution in [1.29, 1.82) is 0 Å². The van der Waals surface area contributed by atoms with Gasteiger partial charge in [-0.3, -0.25) is 9.59 Å². The highest BCUT2D eigenvalue weighted by Gasteiger charge is 2.15. The molecule has 2 aromatic heterocycles. The first-order chi connectivity index (χ1) is 15.5. The highest BCUT2D eigenvalue weighted by molar-refractivity contribution is 7.16. The molecule has 0 aliphatic carbocycles. The fraction of sp³-hybridized carbons (Fsp3) is 0.167. The van der Waals surface area contributed by atoms with Crippen LogP contribution < -0.4 is 10.6 Å². The maximum Gasteiger partial charge on any atom is 0.226 e. The second-order valence-electron chi connectivity index (χ2n) is 7.18. The lowest BCUT2D eigenvalue weighted by molar-refractivity contribution is -0.121. The minimum absolute atomic E-state index is 0.0705. The fourth-order valence-corrected chi connectivity index (χ4v) is 4.92. The Morgan fingerprint density at radius 2 is 1.06 bits per heavy atom. The number of hydrogen-bond acceptors (Lipinski definition) is 6. The van der Waals surface area contributed by atoms with E-state index in [1.165, 1.54) is 22.7 Å². The lowest BCUT2D eigenvalue weighted by Gasteiger charge is -2.02. The van der Waals surface area contributed by atoms with Crippen molar-refractivity contribution in [3.05, 3.63) is 70.4 Å². The third kappa shape index (κ3) is 5.27. The van der Waals surface area contributed by atoms with E-state index in [0.717, 1.165) is 32.3 Å². The Labute approximate surface area is 194 Å². The van der Waals surface area contributed by atoms with Crippen LogP contribution in [0.4, 0.5) is 10.3 Å². The molecule has 0 radical (unpaired) electrons. The molecule has 2 amide bonds. The summed E-state index contributed by atoms with van der Waals surface area (Å²) in [5.74, 6) is -0.484. The van der Waals surface area contributed by atoms with Crippen LogP contribution in [0.2, 0.25) is 0 Å². The van der Waals surface area contributed by atoms with E-state index in [4.69, 9.17) is 0 Å². The number of nitrogens with zero attached hydrogens (tertiary/aromatic N) is 2. The Kier molecular flexibility index (Phi) is 6.72. The molecule has 2 N–H and O–H groups in total. The molecule has 32 heavy (non-hydrogen) atoms. The first-order valence-corrected chi connectivity index (χ1v) is 11.8. The Balaban J connectivity index is 1.31. The average Bonchev–Trinajstić information content (AvgIpc) is 3.35. The van der Waals surface area contributed by atoms with Crippen LogP contribution in [0.25, 0.3) is 22.5 Å². The molecule has 0 fully saturated rings. The van der Waals surface area contributed by atoms with E-state index >= 15 is 0 Å². The van der Waals surface area contributed by atoms with Gasteiger partial charge in [-0.05, 0) is 13.8 Å². The van der Waals surface area contributed by atoms with E-state index in [1.807, 2.05) is 74.5 Å². The molecule has 4 aromatic rings. The molecular formula is C24H22N4O2S2. The Bertz CT molecular complexity index is 1140. The van der Waals surface area contributed by atoms with Crippen molar-refractivity contribution >= 4 is 44.8 Å². The van der Waals surface area contributed by atoms with Gasteiger partial charge in [0.2, 0.25) is 11.8 Å². The van der Waals surface area contributed by atoms with Crippen LogP contribution in [0.1, 0.15) is 22.6 Å². The number of amides is 2. The van der Waals surface area contributed by atoms with Crippen molar-refractivity contribution in [3.63, 3.8) is 0 Å². The Hall–Kier alpha value is -3.36. The molecule has 0 aliphatic rings. The van der Waals surface area contributed by atoms with Gasteiger partial charge < -0.3 is 10.6 Å². The van der Waals surface area contributed by atoms with Crippen molar-refractivity contribution in [2.75, 3.05) is 10.6 Å². The zero-order chi connectivity index (χ0) is 22.5. The van der Waals surface area contributed by atoms with Crippen LogP contribution in [0, 0.1) is 13.8 Å². The summed E-state index contributed by atoms with van der Waals surface area (Å²) in [7, 11) is 0. The predicted octanol–water partition coefficient (Wildman–Crippen LogP) is 5.91. The molecule has 162 valence electrons. The lowest BCUT2D eigenvalue weighted by atomic mass is 10.1. The SMILES string of the molecule is Cc1sc(NC(=O)CCC(=O)Nc2nc(-c3ccccc3)c(C)s2)nc1-c1ccccc1. The number of rotatable bonds is 7. The first-order valence-electron chi connectivity index (χ1n) is 10.1. The van der Waals surface area contributed by atoms with Crippen LogP contribution in [-0.4, -0.2) is 21.8 Å². The topological polar surface area (TPSA) is 84.0 Å². The number of carbonyl (C=O) groups excluding carboxylic acids is 2. The summed E-state index contributed by atoms with van der Waals surface area (Å²) < 4.78 is 0. The number of benzene rings is 2. The van der Waals surface area contributed by atoms with Gasteiger partial charge in [0.25, 0.3) is 0 Å². The van der Waals surface area contributed by atoms with Crippen LogP contribution in [0.3, 0.4) is 0 Å². The molecule has 2 heterocycles. The van der Waals surface area contributed by atoms with Gasteiger partial charge in [0, 0.05) is 33.7 Å². The zero-order valence-electron chi connectivity index (χ0n) is 17.7. The second kappa shape index (κ2) is 9.84. The molecule has 0 aliphatic heterocycles. The van der Waals surface area contributed by atoms with Crippen LogP contribution in [-0.2, 0) is 9.59 Å². The largest absolute Gasteiger partial charge is 0.302 e. The van der Waals surface area contributed by atoms with E-state index < -0.39 is 0 Å². The summed E-state index contributed by atoms with van der Waals surface area (Å²) in [5.41, 5.74) is 3.73. The van der Waals surface area contributed by atoms with Gasteiger partial charge in [-0.15, -0.1) is 22.7 Å². The fourth-order valence-electron chi connectivity index (χ4n) is 3.22. The second-order valence-corrected chi connectivity index (χ2v) is 9.58. The molecule has 6 nitrogen and oxygen atoms in total. The third-order valence-electron chi connectivity index (χ3n) is 4.76. The maximum atomic E-state index is 12.3. The number of nitrogens with one attached hydrogen (secondary N) is 2. The van der Waals surface area contributed by atoms with Crippen LogP contribution >= 0.6 is 22.7 Å². The lowest BCUT2D eigenvalue weighted by Crippen LogP contribution is -2.17. The minimum atomic E-state index is -0.242. The normalized spacial score (nSPS) is 10.7. The average molecular weight is 463 g/mol. The smallest absolute Gasteiger partial charge is 0.226 e. The molecule has 2 aromatic carbocycles. The van der Waals surface area contributed by atoms with E-state index in [-0.39, 0.29) is 24.7 Å². The molecule has 0 unspecified atom stereocenters. The van der Waals surface area contributed by atoms with Crippen molar-refractivity contribution in [1.82, 2.24) is 9.97 Å². The van der Waals surface area contributed by atoms with Crippen molar-refractivity contribution < 1.29 is 9.59 Å². The molecule has 0 saturated heterocycles. The number of aromatic nitrogens is 2. The molecule has 0 bridgehead atoms. The van der Waals surface area contributed by atoms with Crippen molar-refractivity contribution in [3.8, 4) is 22.5 Å². The third-order valence-corrected chi connectivity index (χ3v) is 6.53. The molecule has 4 rings (SSSR count). The number of hydrogen-bond donors (Lipinski definition) is 2. The van der Waals surface area contributed by atoms with Crippen LogP contribution in [0.15, 0.2) is 60.7 Å². The number of thiazole rings is 2. The van der Waals surface area contributed by atoms with Gasteiger partial charge in [-0.1, -0.05) is 60.7 Å². The van der Waals surface area contributed by atoms with E-state index in [1.54, 1.807) is 0 Å². The van der Waals surface area contributed by atoms with Crippen molar-refractivity contribution in [2.45, 2.75) is 26.7 Å². The van der Waals surface area contributed by atoms with Gasteiger partial charge in [0.15, 0.2) is 10.3 Å². The van der Waals surface area contributed by atoms with Gasteiger partial charge in [-0.25, -0.2) is 9.97 Å². The Morgan fingerprint density at radius 1 is 0.688 bits per heavy atom. The number of anilines is 2. The predicted molar refractivity (Wildman–Crippen MR) is 131 cm³/mol. The van der Waals surface area contributed by atoms with E-state index in [0.29, 0.717) is 10.3 Å². The quantitative estimate of drug-likeness (QED) is 0.358. The Morgan fingerprint density at radius 3 is 1.44 bits per heavy atom. The minimum Gasteiger partial charge on any atom is -0.302 e. The highest BCUT2D eigenvalue weighted by atomic mass is 32.1.